The molecule has 0 amide bonds. The number of hydrogen-bond acceptors (Lipinski definition) is 5. The van der Waals surface area contributed by atoms with Crippen LogP contribution < -0.4 is 4.74 Å². The molecule has 0 aliphatic carbocycles. The van der Waals surface area contributed by atoms with Gasteiger partial charge in [0.2, 0.25) is 5.78 Å². The number of para-hydroxylation sites is 1. The molecule has 0 unspecified atom stereocenters. The Labute approximate surface area is 137 Å². The summed E-state index contributed by atoms with van der Waals surface area (Å²) in [5.41, 5.74) is 1.38. The van der Waals surface area contributed by atoms with Crippen LogP contribution in [0.2, 0.25) is 0 Å². The van der Waals surface area contributed by atoms with Crippen molar-refractivity contribution in [1.82, 2.24) is 0 Å². The van der Waals surface area contributed by atoms with Crippen LogP contribution in [0.3, 0.4) is 0 Å². The average molecular weight is 323 g/mol. The quantitative estimate of drug-likeness (QED) is 0.476. The standard InChI is InChI=1S/C18H13NO5/c19-10-12-4-3-5-13(8-12)11-24-17-7-2-1-6-14(17)15(20)9-16(21)18(22)23/h1-8H,9,11H2,(H,22,23). The number of aliphatic carboxylic acids is 1. The third-order valence-corrected chi connectivity index (χ3v) is 3.20. The molecule has 0 bridgehead atoms. The van der Waals surface area contributed by atoms with Gasteiger partial charge in [0.05, 0.1) is 23.6 Å². The summed E-state index contributed by atoms with van der Waals surface area (Å²) in [6.45, 7) is 0.132. The first-order valence-corrected chi connectivity index (χ1v) is 7.01. The van der Waals surface area contributed by atoms with E-state index < -0.39 is 24.0 Å². The highest BCUT2D eigenvalue weighted by Gasteiger charge is 2.20. The second-order valence-corrected chi connectivity index (χ2v) is 4.93. The van der Waals surface area contributed by atoms with Crippen molar-refractivity contribution in [3.63, 3.8) is 0 Å². The molecule has 1 N–H and O–H groups in total. The predicted molar refractivity (Wildman–Crippen MR) is 83.5 cm³/mol. The number of nitriles is 1. The minimum atomic E-state index is -1.64. The van der Waals surface area contributed by atoms with E-state index in [-0.39, 0.29) is 17.9 Å². The van der Waals surface area contributed by atoms with E-state index in [2.05, 4.69) is 0 Å². The number of carbonyl (C=O) groups is 3. The molecule has 0 aromatic heterocycles. The number of rotatable bonds is 7. The molecule has 0 aliphatic heterocycles. The zero-order chi connectivity index (χ0) is 17.5. The lowest BCUT2D eigenvalue weighted by Gasteiger charge is -2.10. The van der Waals surface area contributed by atoms with Gasteiger partial charge in [-0.2, -0.15) is 5.26 Å². The van der Waals surface area contributed by atoms with Gasteiger partial charge in [-0.15, -0.1) is 0 Å². The van der Waals surface area contributed by atoms with E-state index in [9.17, 15) is 14.4 Å². The van der Waals surface area contributed by atoms with Crippen LogP contribution in [0.4, 0.5) is 0 Å². The Balaban J connectivity index is 2.14. The lowest BCUT2D eigenvalue weighted by Crippen LogP contribution is -2.17. The van der Waals surface area contributed by atoms with Gasteiger partial charge < -0.3 is 9.84 Å². The highest BCUT2D eigenvalue weighted by Crippen LogP contribution is 2.21. The first-order chi connectivity index (χ1) is 11.5. The maximum absolute atomic E-state index is 12.1. The fourth-order valence-corrected chi connectivity index (χ4v) is 2.03. The van der Waals surface area contributed by atoms with Crippen molar-refractivity contribution >= 4 is 17.5 Å². The number of carboxylic acids is 1. The first kappa shape index (κ1) is 16.9. The maximum Gasteiger partial charge on any atom is 0.372 e. The first-order valence-electron chi connectivity index (χ1n) is 7.01. The zero-order valence-corrected chi connectivity index (χ0v) is 12.6. The van der Waals surface area contributed by atoms with Crippen LogP contribution in [0.15, 0.2) is 48.5 Å². The van der Waals surface area contributed by atoms with Crippen molar-refractivity contribution in [1.29, 1.82) is 5.26 Å². The van der Waals surface area contributed by atoms with Crippen molar-refractivity contribution in [2.24, 2.45) is 0 Å². The normalized spacial score (nSPS) is 9.79. The molecule has 2 aromatic carbocycles. The van der Waals surface area contributed by atoms with Crippen LogP contribution in [-0.2, 0) is 16.2 Å². The van der Waals surface area contributed by atoms with Gasteiger partial charge >= 0.3 is 5.97 Å². The summed E-state index contributed by atoms with van der Waals surface area (Å²) in [6.07, 6.45) is -0.723. The molecule has 0 aliphatic rings. The minimum Gasteiger partial charge on any atom is -0.488 e. The number of hydrogen-bond donors (Lipinski definition) is 1. The molecule has 0 saturated heterocycles. The van der Waals surface area contributed by atoms with Crippen LogP contribution in [0.5, 0.6) is 5.75 Å². The van der Waals surface area contributed by atoms with Gasteiger partial charge in [0.25, 0.3) is 0 Å². The number of carboxylic acid groups (broad SMARTS) is 1. The van der Waals surface area contributed by atoms with Crippen LogP contribution in [0.1, 0.15) is 27.9 Å². The Bertz CT molecular complexity index is 835. The highest BCUT2D eigenvalue weighted by molar-refractivity contribution is 6.37. The molecule has 6 nitrogen and oxygen atoms in total. The van der Waals surface area contributed by atoms with E-state index in [1.54, 1.807) is 42.5 Å². The van der Waals surface area contributed by atoms with Crippen molar-refractivity contribution in [3.8, 4) is 11.8 Å². The van der Waals surface area contributed by atoms with Crippen LogP contribution in [0.25, 0.3) is 0 Å². The van der Waals surface area contributed by atoms with Gasteiger partial charge in [-0.05, 0) is 29.8 Å². The van der Waals surface area contributed by atoms with Crippen molar-refractivity contribution in [3.05, 3.63) is 65.2 Å². The number of ketones is 2. The van der Waals surface area contributed by atoms with Gasteiger partial charge in [-0.25, -0.2) is 4.79 Å². The number of carbonyl (C=O) groups excluding carboxylic acids is 2. The van der Waals surface area contributed by atoms with Crippen LogP contribution in [-0.4, -0.2) is 22.6 Å². The molecule has 0 spiro atoms. The lowest BCUT2D eigenvalue weighted by atomic mass is 10.0. The molecule has 0 atom stereocenters. The highest BCUT2D eigenvalue weighted by atomic mass is 16.5. The van der Waals surface area contributed by atoms with Crippen LogP contribution in [0, 0.1) is 11.3 Å². The number of nitrogens with zero attached hydrogens (tertiary/aromatic N) is 1. The molecule has 2 aromatic rings. The largest absolute Gasteiger partial charge is 0.488 e. The van der Waals surface area contributed by atoms with E-state index in [1.165, 1.54) is 6.07 Å². The molecule has 24 heavy (non-hydrogen) atoms. The molecule has 0 heterocycles. The monoisotopic (exact) mass is 323 g/mol. The van der Waals surface area contributed by atoms with Gasteiger partial charge in [0.1, 0.15) is 12.4 Å². The molecule has 0 saturated carbocycles. The van der Waals surface area contributed by atoms with Gasteiger partial charge in [0.15, 0.2) is 5.78 Å². The summed E-state index contributed by atoms with van der Waals surface area (Å²) in [5.74, 6) is -3.18. The number of Topliss-reactive ketones (excluding diaryl/α,β-unsaturated/α-hetero) is 2. The average Bonchev–Trinajstić information content (AvgIpc) is 2.60. The van der Waals surface area contributed by atoms with Crippen molar-refractivity contribution < 1.29 is 24.2 Å². The molecule has 2 rings (SSSR count). The molecule has 6 heteroatoms. The third-order valence-electron chi connectivity index (χ3n) is 3.20. The fraction of sp³-hybridized carbons (Fsp3) is 0.111. The summed E-state index contributed by atoms with van der Waals surface area (Å²) in [5, 5.41) is 17.5. The van der Waals surface area contributed by atoms with Gasteiger partial charge in [-0.3, -0.25) is 9.59 Å². The summed E-state index contributed by atoms with van der Waals surface area (Å²) < 4.78 is 5.60. The van der Waals surface area contributed by atoms with E-state index in [0.717, 1.165) is 5.56 Å². The second-order valence-electron chi connectivity index (χ2n) is 4.93. The smallest absolute Gasteiger partial charge is 0.372 e. The van der Waals surface area contributed by atoms with Crippen molar-refractivity contribution in [2.45, 2.75) is 13.0 Å². The van der Waals surface area contributed by atoms with Crippen LogP contribution >= 0.6 is 0 Å². The SMILES string of the molecule is N#Cc1cccc(COc2ccccc2C(=O)CC(=O)C(=O)O)c1. The second kappa shape index (κ2) is 7.70. The third kappa shape index (κ3) is 4.27. The van der Waals surface area contributed by atoms with E-state index in [0.29, 0.717) is 5.56 Å². The van der Waals surface area contributed by atoms with E-state index in [1.807, 2.05) is 6.07 Å². The number of ether oxygens (including phenoxy) is 1. The predicted octanol–water partition coefficient (Wildman–Crippen LogP) is 2.36. The Morgan fingerprint density at radius 3 is 2.54 bits per heavy atom. The summed E-state index contributed by atoms with van der Waals surface area (Å²) >= 11 is 0. The maximum atomic E-state index is 12.1. The Morgan fingerprint density at radius 1 is 1.08 bits per heavy atom. The Morgan fingerprint density at radius 2 is 1.83 bits per heavy atom. The molecular formula is C18H13NO5. The molecular weight excluding hydrogens is 310 g/mol. The molecule has 0 fully saturated rings. The van der Waals surface area contributed by atoms with Gasteiger partial charge in [-0.1, -0.05) is 24.3 Å². The Hall–Kier alpha value is -3.46. The van der Waals surface area contributed by atoms with Gasteiger partial charge in [0, 0.05) is 0 Å². The molecule has 120 valence electrons. The zero-order valence-electron chi connectivity index (χ0n) is 12.6. The van der Waals surface area contributed by atoms with Crippen molar-refractivity contribution in [2.75, 3.05) is 0 Å². The topological polar surface area (TPSA) is 104 Å². The summed E-state index contributed by atoms with van der Waals surface area (Å²) in [7, 11) is 0. The molecule has 0 radical (unpaired) electrons. The summed E-state index contributed by atoms with van der Waals surface area (Å²) in [6, 6.07) is 15.1. The fourth-order valence-electron chi connectivity index (χ4n) is 2.03. The lowest BCUT2D eigenvalue weighted by molar-refractivity contribution is -0.148. The Kier molecular flexibility index (Phi) is 5.42. The van der Waals surface area contributed by atoms with E-state index >= 15 is 0 Å². The summed E-state index contributed by atoms with van der Waals surface area (Å²) in [4.78, 5) is 33.8. The number of benzene rings is 2. The minimum absolute atomic E-state index is 0.132. The van der Waals surface area contributed by atoms with E-state index in [4.69, 9.17) is 15.1 Å².